The highest BCUT2D eigenvalue weighted by atomic mass is 35.5. The SMILES string of the molecule is CC(C)(C)C(CCN)NC(=O)O.Cl.O=C(O)C(F)(F)F. The fourth-order valence-electron chi connectivity index (χ4n) is 1.04. The summed E-state index contributed by atoms with van der Waals surface area (Å²) in [5, 5.41) is 18.1. The monoisotopic (exact) mass is 324 g/mol. The highest BCUT2D eigenvalue weighted by Gasteiger charge is 2.38. The number of hydrogen-bond acceptors (Lipinski definition) is 3. The number of nitrogens with one attached hydrogen (secondary N) is 1. The number of carboxylic acids is 1. The lowest BCUT2D eigenvalue weighted by Gasteiger charge is -2.30. The van der Waals surface area contributed by atoms with Gasteiger partial charge >= 0.3 is 18.2 Å². The van der Waals surface area contributed by atoms with Crippen molar-refractivity contribution in [1.82, 2.24) is 5.32 Å². The molecule has 0 saturated heterocycles. The molecule has 0 radical (unpaired) electrons. The molecule has 0 saturated carbocycles. The van der Waals surface area contributed by atoms with Crippen molar-refractivity contribution in [3.05, 3.63) is 0 Å². The Morgan fingerprint density at radius 2 is 1.55 bits per heavy atom. The average Bonchev–Trinajstić information content (AvgIpc) is 2.14. The number of rotatable bonds is 3. The Labute approximate surface area is 120 Å². The van der Waals surface area contributed by atoms with Crippen LogP contribution in [-0.2, 0) is 4.79 Å². The fourth-order valence-corrected chi connectivity index (χ4v) is 1.04. The van der Waals surface area contributed by atoms with E-state index in [9.17, 15) is 18.0 Å². The van der Waals surface area contributed by atoms with Crippen LogP contribution < -0.4 is 11.1 Å². The van der Waals surface area contributed by atoms with Crippen LogP contribution in [0.5, 0.6) is 0 Å². The normalized spacial score (nSPS) is 12.3. The van der Waals surface area contributed by atoms with Crippen molar-refractivity contribution < 1.29 is 33.0 Å². The third-order valence-electron chi connectivity index (χ3n) is 2.04. The van der Waals surface area contributed by atoms with E-state index in [1.54, 1.807) is 0 Å². The predicted molar refractivity (Wildman–Crippen MR) is 69.0 cm³/mol. The first kappa shape index (κ1) is 23.8. The topological polar surface area (TPSA) is 113 Å². The van der Waals surface area contributed by atoms with Crippen LogP contribution in [0.25, 0.3) is 0 Å². The number of nitrogens with two attached hydrogens (primary N) is 1. The van der Waals surface area contributed by atoms with Gasteiger partial charge in [0.2, 0.25) is 0 Å². The second kappa shape index (κ2) is 9.65. The molecule has 0 fully saturated rings. The van der Waals surface area contributed by atoms with Crippen LogP contribution in [0.2, 0.25) is 0 Å². The maximum Gasteiger partial charge on any atom is 0.490 e. The quantitative estimate of drug-likeness (QED) is 0.635. The summed E-state index contributed by atoms with van der Waals surface area (Å²) < 4.78 is 31.7. The maximum atomic E-state index is 10.6. The van der Waals surface area contributed by atoms with Gasteiger partial charge in [-0.25, -0.2) is 9.59 Å². The van der Waals surface area contributed by atoms with Crippen molar-refractivity contribution in [3.8, 4) is 0 Å². The largest absolute Gasteiger partial charge is 0.490 e. The molecule has 0 aromatic carbocycles. The second-order valence-electron chi connectivity index (χ2n) is 4.75. The van der Waals surface area contributed by atoms with E-state index in [1.165, 1.54) is 0 Å². The molecule has 6 nitrogen and oxygen atoms in total. The first-order valence-corrected chi connectivity index (χ1v) is 5.32. The number of amides is 1. The molecule has 0 aliphatic heterocycles. The van der Waals surface area contributed by atoms with Crippen LogP contribution in [0, 0.1) is 5.41 Å². The molecule has 1 amide bonds. The summed E-state index contributed by atoms with van der Waals surface area (Å²) in [4.78, 5) is 19.3. The molecular formula is C10H20ClF3N2O4. The number of aliphatic carboxylic acids is 1. The number of carbonyl (C=O) groups is 2. The molecule has 20 heavy (non-hydrogen) atoms. The van der Waals surface area contributed by atoms with Crippen LogP contribution in [-0.4, -0.2) is 41.0 Å². The predicted octanol–water partition coefficient (Wildman–Crippen LogP) is 2.07. The van der Waals surface area contributed by atoms with Crippen LogP contribution in [0.4, 0.5) is 18.0 Å². The van der Waals surface area contributed by atoms with Crippen molar-refractivity contribution in [2.45, 2.75) is 39.4 Å². The van der Waals surface area contributed by atoms with Gasteiger partial charge in [0.05, 0.1) is 0 Å². The molecule has 0 spiro atoms. The van der Waals surface area contributed by atoms with Gasteiger partial charge in [-0.15, -0.1) is 12.4 Å². The molecule has 1 unspecified atom stereocenters. The van der Waals surface area contributed by atoms with E-state index in [0.29, 0.717) is 13.0 Å². The average molecular weight is 325 g/mol. The van der Waals surface area contributed by atoms with Gasteiger partial charge in [0, 0.05) is 6.04 Å². The fraction of sp³-hybridized carbons (Fsp3) is 0.800. The molecule has 10 heteroatoms. The molecule has 0 heterocycles. The van der Waals surface area contributed by atoms with Gasteiger partial charge in [-0.1, -0.05) is 20.8 Å². The molecule has 0 rings (SSSR count). The van der Waals surface area contributed by atoms with Crippen LogP contribution in [0.3, 0.4) is 0 Å². The molecule has 0 aromatic rings. The van der Waals surface area contributed by atoms with E-state index < -0.39 is 18.2 Å². The summed E-state index contributed by atoms with van der Waals surface area (Å²) in [7, 11) is 0. The highest BCUT2D eigenvalue weighted by molar-refractivity contribution is 5.85. The Morgan fingerprint density at radius 1 is 1.20 bits per heavy atom. The summed E-state index contributed by atoms with van der Waals surface area (Å²) in [6, 6.07) is -0.0694. The minimum Gasteiger partial charge on any atom is -0.475 e. The smallest absolute Gasteiger partial charge is 0.475 e. The Hall–Kier alpha value is -1.22. The van der Waals surface area contributed by atoms with Crippen LogP contribution in [0.1, 0.15) is 27.2 Å². The van der Waals surface area contributed by atoms with Gasteiger partial charge in [-0.3, -0.25) is 0 Å². The van der Waals surface area contributed by atoms with E-state index in [0.717, 1.165) is 0 Å². The third-order valence-corrected chi connectivity index (χ3v) is 2.04. The molecule has 0 bridgehead atoms. The summed E-state index contributed by atoms with van der Waals surface area (Å²) >= 11 is 0. The van der Waals surface area contributed by atoms with E-state index in [2.05, 4.69) is 5.32 Å². The van der Waals surface area contributed by atoms with Gasteiger partial charge in [0.15, 0.2) is 0 Å². The third kappa shape index (κ3) is 13.2. The molecule has 5 N–H and O–H groups in total. The van der Waals surface area contributed by atoms with Crippen molar-refractivity contribution >= 4 is 24.5 Å². The highest BCUT2D eigenvalue weighted by Crippen LogP contribution is 2.21. The Kier molecular flexibility index (Phi) is 11.5. The zero-order valence-corrected chi connectivity index (χ0v) is 12.1. The number of hydrogen-bond donors (Lipinski definition) is 4. The van der Waals surface area contributed by atoms with Crippen LogP contribution >= 0.6 is 12.4 Å². The lowest BCUT2D eigenvalue weighted by molar-refractivity contribution is -0.192. The van der Waals surface area contributed by atoms with Crippen molar-refractivity contribution in [2.24, 2.45) is 11.1 Å². The van der Waals surface area contributed by atoms with Gasteiger partial charge in [0.25, 0.3) is 0 Å². The van der Waals surface area contributed by atoms with Gasteiger partial charge in [-0.05, 0) is 18.4 Å². The maximum absolute atomic E-state index is 10.6. The summed E-state index contributed by atoms with van der Waals surface area (Å²) in [5.74, 6) is -2.76. The Bertz CT molecular complexity index is 306. The molecule has 122 valence electrons. The first-order chi connectivity index (χ1) is 8.32. The van der Waals surface area contributed by atoms with Gasteiger partial charge in [0.1, 0.15) is 0 Å². The van der Waals surface area contributed by atoms with Crippen LogP contribution in [0.15, 0.2) is 0 Å². The zero-order valence-electron chi connectivity index (χ0n) is 11.3. The summed E-state index contributed by atoms with van der Waals surface area (Å²) in [5.41, 5.74) is 5.30. The van der Waals surface area contributed by atoms with E-state index >= 15 is 0 Å². The van der Waals surface area contributed by atoms with Crippen molar-refractivity contribution in [1.29, 1.82) is 0 Å². The zero-order chi connectivity index (χ0) is 15.9. The first-order valence-electron chi connectivity index (χ1n) is 5.32. The lowest BCUT2D eigenvalue weighted by Crippen LogP contribution is -2.44. The Morgan fingerprint density at radius 3 is 1.70 bits per heavy atom. The van der Waals surface area contributed by atoms with Gasteiger partial charge in [-0.2, -0.15) is 13.2 Å². The van der Waals surface area contributed by atoms with Crippen molar-refractivity contribution in [3.63, 3.8) is 0 Å². The lowest BCUT2D eigenvalue weighted by atomic mass is 9.85. The van der Waals surface area contributed by atoms with E-state index in [4.69, 9.17) is 20.7 Å². The molecule has 0 aromatic heterocycles. The van der Waals surface area contributed by atoms with E-state index in [-0.39, 0.29) is 23.9 Å². The molecule has 1 atom stereocenters. The summed E-state index contributed by atoms with van der Waals surface area (Å²) in [6.45, 7) is 6.47. The number of halogens is 4. The number of carboxylic acid groups (broad SMARTS) is 2. The summed E-state index contributed by atoms with van der Waals surface area (Å²) in [6.07, 6.45) is -5.39. The minimum absolute atomic E-state index is 0. The van der Waals surface area contributed by atoms with Gasteiger partial charge < -0.3 is 21.3 Å². The Balaban J connectivity index is -0.000000312. The number of alkyl halides is 3. The second-order valence-corrected chi connectivity index (χ2v) is 4.75. The standard InChI is InChI=1S/C8H18N2O2.C2HF3O2.ClH/c1-8(2,3)6(4-5-9)10-7(11)12;3-2(4,5)1(6)7;/h6,10H,4-5,9H2,1-3H3,(H,11,12);(H,6,7);1H. The molecular weight excluding hydrogens is 305 g/mol. The van der Waals surface area contributed by atoms with E-state index in [1.807, 2.05) is 20.8 Å². The molecule has 0 aliphatic rings. The van der Waals surface area contributed by atoms with Crippen molar-refractivity contribution in [2.75, 3.05) is 6.54 Å². The minimum atomic E-state index is -5.08. The molecule has 0 aliphatic carbocycles.